The zero-order valence-electron chi connectivity index (χ0n) is 16.7. The first-order valence-corrected chi connectivity index (χ1v) is 8.52. The quantitative estimate of drug-likeness (QED) is 0.428. The second-order valence-corrected chi connectivity index (χ2v) is 5.50. The molecule has 0 atom stereocenters. The largest absolute Gasteiger partial charge is 2.00 e. The molecule has 0 aliphatic heterocycles. The zero-order chi connectivity index (χ0) is 22.8. The fraction of sp³-hybridized carbons (Fsp3) is 0.200. The number of carbonyl (C=O) groups is 4. The van der Waals surface area contributed by atoms with Gasteiger partial charge in [0.25, 0.3) is 0 Å². The van der Waals surface area contributed by atoms with Crippen LogP contribution in [0, 0.1) is 0 Å². The normalized spacial score (nSPS) is 9.35. The molecule has 0 bridgehead atoms. The summed E-state index contributed by atoms with van der Waals surface area (Å²) in [4.78, 5) is 42.3. The molecule has 0 saturated carbocycles. The van der Waals surface area contributed by atoms with Crippen LogP contribution in [0.2, 0.25) is 0 Å². The molecule has 0 heterocycles. The van der Waals surface area contributed by atoms with Crippen molar-refractivity contribution in [2.45, 2.75) is 13.8 Å². The van der Waals surface area contributed by atoms with Crippen molar-refractivity contribution in [3.05, 3.63) is 46.5 Å². The van der Waals surface area contributed by atoms with E-state index < -0.39 is 34.6 Å². The average molecular weight is 458 g/mol. The summed E-state index contributed by atoms with van der Waals surface area (Å²) in [5.74, 6) is -4.39. The molecule has 0 saturated heterocycles. The Labute approximate surface area is 207 Å². The van der Waals surface area contributed by atoms with Crippen molar-refractivity contribution in [3.63, 3.8) is 0 Å². The first kappa shape index (κ1) is 28.2. The number of hydrogen-bond acceptors (Lipinski definition) is 8. The SMILES string of the molecule is CCOc1cc(C=O)cc(C(=O)O)c1[O-].CCOc1cc(C=O)cc(C(=O)O)c1[O-].[Ca+2]. The summed E-state index contributed by atoms with van der Waals surface area (Å²) >= 11 is 0. The number of carbonyl (C=O) groups excluding carboxylic acids is 2. The summed E-state index contributed by atoms with van der Waals surface area (Å²) < 4.78 is 9.87. The summed E-state index contributed by atoms with van der Waals surface area (Å²) in [5, 5.41) is 40.3. The minimum Gasteiger partial charge on any atom is -0.869 e. The molecule has 0 radical (unpaired) electrons. The summed E-state index contributed by atoms with van der Waals surface area (Å²) in [6.07, 6.45) is 0.933. The summed E-state index contributed by atoms with van der Waals surface area (Å²) in [6, 6.07) is 4.51. The third-order valence-electron chi connectivity index (χ3n) is 3.49. The van der Waals surface area contributed by atoms with E-state index in [-0.39, 0.29) is 73.6 Å². The van der Waals surface area contributed by atoms with Gasteiger partial charge in [-0.1, -0.05) is 11.5 Å². The Morgan fingerprint density at radius 3 is 1.35 bits per heavy atom. The molecule has 0 aliphatic carbocycles. The van der Waals surface area contributed by atoms with E-state index in [2.05, 4.69) is 0 Å². The van der Waals surface area contributed by atoms with Crippen LogP contribution in [0.25, 0.3) is 0 Å². The number of aromatic carboxylic acids is 2. The molecule has 10 nitrogen and oxygen atoms in total. The van der Waals surface area contributed by atoms with Crippen LogP contribution in [-0.4, -0.2) is 85.7 Å². The van der Waals surface area contributed by atoms with Gasteiger partial charge in [-0.2, -0.15) is 0 Å². The fourth-order valence-corrected chi connectivity index (χ4v) is 2.23. The third-order valence-corrected chi connectivity index (χ3v) is 3.49. The molecule has 160 valence electrons. The van der Waals surface area contributed by atoms with Gasteiger partial charge in [0.1, 0.15) is 24.1 Å². The van der Waals surface area contributed by atoms with Crippen LogP contribution in [0.15, 0.2) is 24.3 Å². The van der Waals surface area contributed by atoms with Crippen molar-refractivity contribution in [2.24, 2.45) is 0 Å². The van der Waals surface area contributed by atoms with E-state index in [1.807, 2.05) is 0 Å². The fourth-order valence-electron chi connectivity index (χ4n) is 2.23. The molecule has 31 heavy (non-hydrogen) atoms. The van der Waals surface area contributed by atoms with E-state index >= 15 is 0 Å². The van der Waals surface area contributed by atoms with Crippen molar-refractivity contribution in [1.29, 1.82) is 0 Å². The Balaban J connectivity index is 0.000000562. The molecular formula is C20H18CaO10. The van der Waals surface area contributed by atoms with Gasteiger partial charge in [0.15, 0.2) is 0 Å². The minimum atomic E-state index is -1.37. The van der Waals surface area contributed by atoms with Gasteiger partial charge in [0.05, 0.1) is 24.3 Å². The van der Waals surface area contributed by atoms with Crippen molar-refractivity contribution in [1.82, 2.24) is 0 Å². The molecule has 2 N–H and O–H groups in total. The van der Waals surface area contributed by atoms with E-state index in [1.54, 1.807) is 13.8 Å². The number of carboxylic acid groups (broad SMARTS) is 2. The van der Waals surface area contributed by atoms with Crippen LogP contribution >= 0.6 is 0 Å². The standard InChI is InChI=1S/2C10H10O5.Ca/c2*1-2-15-8-4-6(5-11)3-7(9(8)12)10(13)14;/h2*3-5,12H,2H2,1H3,(H,13,14);/q;;+2/p-2. The predicted octanol–water partition coefficient (Wildman–Crippen LogP) is 0.958. The van der Waals surface area contributed by atoms with Crippen molar-refractivity contribution in [2.75, 3.05) is 13.2 Å². The Hall–Kier alpha value is -2.82. The average Bonchev–Trinajstić information content (AvgIpc) is 2.71. The molecule has 0 amide bonds. The van der Waals surface area contributed by atoms with Gasteiger partial charge >= 0.3 is 49.7 Å². The molecule has 0 aliphatic rings. The molecule has 2 aromatic rings. The van der Waals surface area contributed by atoms with Crippen molar-refractivity contribution >= 4 is 62.2 Å². The van der Waals surface area contributed by atoms with Gasteiger partial charge in [-0.05, 0) is 38.1 Å². The first-order valence-electron chi connectivity index (χ1n) is 8.52. The number of carboxylic acids is 2. The number of benzene rings is 2. The Kier molecular flexibility index (Phi) is 12.3. The first-order chi connectivity index (χ1) is 14.2. The van der Waals surface area contributed by atoms with Gasteiger partial charge in [-0.3, -0.25) is 9.59 Å². The van der Waals surface area contributed by atoms with E-state index in [0.717, 1.165) is 12.1 Å². The number of ether oxygens (including phenoxy) is 2. The second kappa shape index (κ2) is 13.5. The van der Waals surface area contributed by atoms with Crippen molar-refractivity contribution in [3.8, 4) is 23.0 Å². The van der Waals surface area contributed by atoms with Gasteiger partial charge < -0.3 is 29.9 Å². The van der Waals surface area contributed by atoms with Crippen LogP contribution in [0.3, 0.4) is 0 Å². The van der Waals surface area contributed by atoms with Gasteiger partial charge in [-0.15, -0.1) is 0 Å². The molecular weight excluding hydrogens is 440 g/mol. The maximum absolute atomic E-state index is 11.4. The Bertz CT molecular complexity index is 878. The smallest absolute Gasteiger partial charge is 0.869 e. The minimum absolute atomic E-state index is 0. The zero-order valence-corrected chi connectivity index (χ0v) is 19.0. The van der Waals surface area contributed by atoms with Gasteiger partial charge in [0.2, 0.25) is 0 Å². The van der Waals surface area contributed by atoms with Gasteiger partial charge in [-0.25, -0.2) is 9.59 Å². The summed E-state index contributed by atoms with van der Waals surface area (Å²) in [5.41, 5.74) is -0.697. The van der Waals surface area contributed by atoms with E-state index in [0.29, 0.717) is 12.6 Å². The second-order valence-electron chi connectivity index (χ2n) is 5.50. The maximum atomic E-state index is 11.4. The van der Waals surface area contributed by atoms with E-state index in [9.17, 15) is 29.4 Å². The van der Waals surface area contributed by atoms with Crippen LogP contribution in [0.4, 0.5) is 0 Å². The van der Waals surface area contributed by atoms with Crippen LogP contribution < -0.4 is 19.7 Å². The molecule has 0 fully saturated rings. The van der Waals surface area contributed by atoms with E-state index in [4.69, 9.17) is 19.7 Å². The molecule has 0 unspecified atom stereocenters. The molecule has 2 aromatic carbocycles. The topological polar surface area (TPSA) is 173 Å². The summed E-state index contributed by atoms with van der Waals surface area (Å²) in [7, 11) is 0. The van der Waals surface area contributed by atoms with Crippen LogP contribution in [0.1, 0.15) is 55.3 Å². The molecule has 11 heteroatoms. The Morgan fingerprint density at radius 1 is 0.806 bits per heavy atom. The number of rotatable bonds is 8. The Morgan fingerprint density at radius 2 is 1.13 bits per heavy atom. The molecule has 2 rings (SSSR count). The third kappa shape index (κ3) is 7.74. The van der Waals surface area contributed by atoms with E-state index in [1.165, 1.54) is 12.1 Å². The number of aldehydes is 2. The van der Waals surface area contributed by atoms with Crippen LogP contribution in [0.5, 0.6) is 23.0 Å². The maximum Gasteiger partial charge on any atom is 2.00 e. The predicted molar refractivity (Wildman–Crippen MR) is 105 cm³/mol. The monoisotopic (exact) mass is 458 g/mol. The summed E-state index contributed by atoms with van der Waals surface area (Å²) in [6.45, 7) is 3.79. The molecule has 0 spiro atoms. The molecule has 0 aromatic heterocycles. The van der Waals surface area contributed by atoms with Crippen LogP contribution in [-0.2, 0) is 0 Å². The number of hydrogen-bond donors (Lipinski definition) is 2. The van der Waals surface area contributed by atoms with Gasteiger partial charge in [0, 0.05) is 11.1 Å². The van der Waals surface area contributed by atoms with Crippen molar-refractivity contribution < 1.29 is 49.1 Å².